The normalized spacial score (nSPS) is 26.0. The Labute approximate surface area is 152 Å². The first-order valence-electron chi connectivity index (χ1n) is 9.42. The van der Waals surface area contributed by atoms with Gasteiger partial charge in [0.05, 0.1) is 18.8 Å². The number of ether oxygens (including phenoxy) is 2. The third-order valence-electron chi connectivity index (χ3n) is 5.04. The van der Waals surface area contributed by atoms with Gasteiger partial charge in [-0.05, 0) is 37.0 Å². The van der Waals surface area contributed by atoms with Crippen molar-refractivity contribution in [2.75, 3.05) is 47.9 Å². The van der Waals surface area contributed by atoms with Crippen molar-refractivity contribution in [2.24, 2.45) is 5.92 Å². The van der Waals surface area contributed by atoms with Gasteiger partial charge in [0.15, 0.2) is 0 Å². The molecular weight excluding hydrogens is 320 g/mol. The fourth-order valence-electron chi connectivity index (χ4n) is 3.84. The van der Waals surface area contributed by atoms with Crippen molar-refractivity contribution < 1.29 is 28.5 Å². The molecule has 3 fully saturated rings. The van der Waals surface area contributed by atoms with Gasteiger partial charge >= 0.3 is 5.97 Å². The topological polar surface area (TPSA) is 44.8 Å². The molecule has 3 aliphatic rings. The molecule has 144 valence electrons. The Morgan fingerprint density at radius 2 is 1.64 bits per heavy atom. The number of hydrogen-bond donors (Lipinski definition) is 0. The average Bonchev–Trinajstić information content (AvgIpc) is 2.48. The van der Waals surface area contributed by atoms with E-state index in [4.69, 9.17) is 14.4 Å². The Balaban J connectivity index is 1.66. The highest BCUT2D eigenvalue weighted by Crippen LogP contribution is 2.39. The van der Waals surface area contributed by atoms with Gasteiger partial charge < -0.3 is 9.47 Å². The SMILES string of the molecule is C=C(C)C(=O)OCCC[N+](C)(C)O[N+](C)(C)CCC1CC2CC(C1)O2. The fourth-order valence-corrected chi connectivity index (χ4v) is 3.84. The van der Waals surface area contributed by atoms with Crippen LogP contribution >= 0.6 is 0 Å². The predicted molar refractivity (Wildman–Crippen MR) is 96.0 cm³/mol. The largest absolute Gasteiger partial charge is 0.462 e. The molecule has 0 radical (unpaired) electrons. The summed E-state index contributed by atoms with van der Waals surface area (Å²) in [4.78, 5) is 17.7. The Morgan fingerprint density at radius 1 is 1.08 bits per heavy atom. The van der Waals surface area contributed by atoms with Crippen LogP contribution in [-0.4, -0.2) is 75.4 Å². The van der Waals surface area contributed by atoms with Crippen LogP contribution in [-0.2, 0) is 19.2 Å². The zero-order valence-electron chi connectivity index (χ0n) is 16.6. The van der Waals surface area contributed by atoms with Crippen LogP contribution in [0.5, 0.6) is 0 Å². The number of rotatable bonds is 10. The van der Waals surface area contributed by atoms with E-state index in [0.717, 1.165) is 25.4 Å². The van der Waals surface area contributed by atoms with Crippen molar-refractivity contribution in [1.82, 2.24) is 0 Å². The van der Waals surface area contributed by atoms with Gasteiger partial charge in [0, 0.05) is 18.4 Å². The molecule has 2 atom stereocenters. The maximum atomic E-state index is 11.4. The molecule has 2 unspecified atom stereocenters. The number of carbonyl (C=O) groups is 1. The number of hydrogen-bond acceptors (Lipinski definition) is 4. The predicted octanol–water partition coefficient (Wildman–Crippen LogP) is 2.45. The second kappa shape index (κ2) is 8.16. The van der Waals surface area contributed by atoms with E-state index in [1.54, 1.807) is 6.92 Å². The van der Waals surface area contributed by atoms with Crippen molar-refractivity contribution in [3.8, 4) is 0 Å². The van der Waals surface area contributed by atoms with Gasteiger partial charge in [0.1, 0.15) is 41.3 Å². The van der Waals surface area contributed by atoms with E-state index in [2.05, 4.69) is 20.7 Å². The van der Waals surface area contributed by atoms with Crippen LogP contribution in [0.3, 0.4) is 0 Å². The third kappa shape index (κ3) is 6.70. The van der Waals surface area contributed by atoms with Crippen molar-refractivity contribution in [3.63, 3.8) is 0 Å². The van der Waals surface area contributed by atoms with Gasteiger partial charge in [0.25, 0.3) is 0 Å². The van der Waals surface area contributed by atoms with Crippen LogP contribution in [0, 0.1) is 5.92 Å². The molecule has 25 heavy (non-hydrogen) atoms. The Bertz CT molecular complexity index is 474. The molecule has 1 saturated carbocycles. The summed E-state index contributed by atoms with van der Waals surface area (Å²) >= 11 is 0. The standard InChI is InChI=1S/C19H36N2O4/c1-15(2)19(22)23-11-7-9-20(3,4)25-21(5,6)10-8-16-12-17-14-18(13-16)24-17/h16-18H,1,7-14H2,2-6H3/q+2. The van der Waals surface area contributed by atoms with Crippen molar-refractivity contribution >= 4 is 5.97 Å². The van der Waals surface area contributed by atoms with E-state index in [0.29, 0.717) is 33.7 Å². The smallest absolute Gasteiger partial charge is 0.333 e. The van der Waals surface area contributed by atoms with E-state index >= 15 is 0 Å². The molecule has 0 spiro atoms. The first-order valence-corrected chi connectivity index (χ1v) is 9.42. The fraction of sp³-hybridized carbons (Fsp3) is 0.842. The van der Waals surface area contributed by atoms with Gasteiger partial charge in [0.2, 0.25) is 0 Å². The molecule has 3 rings (SSSR count). The number of fused-ring (bicyclic) bond motifs is 2. The molecule has 0 amide bonds. The second-order valence-corrected chi connectivity index (χ2v) is 8.69. The lowest BCUT2D eigenvalue weighted by molar-refractivity contribution is -1.32. The van der Waals surface area contributed by atoms with Crippen molar-refractivity contribution in [2.45, 2.75) is 51.2 Å². The first-order chi connectivity index (χ1) is 11.6. The molecule has 2 aliphatic heterocycles. The Hall–Kier alpha value is -0.950. The minimum absolute atomic E-state index is 0.322. The van der Waals surface area contributed by atoms with Crippen LogP contribution in [0.1, 0.15) is 39.0 Å². The molecule has 0 aromatic heterocycles. The monoisotopic (exact) mass is 356 g/mol. The van der Waals surface area contributed by atoms with E-state index in [1.807, 2.05) is 14.1 Å². The van der Waals surface area contributed by atoms with E-state index in [1.165, 1.54) is 25.7 Å². The Kier molecular flexibility index (Phi) is 6.65. The maximum absolute atomic E-state index is 11.4. The van der Waals surface area contributed by atoms with Gasteiger partial charge in [-0.1, -0.05) is 6.58 Å². The molecule has 2 heterocycles. The molecule has 6 heteroatoms. The zero-order valence-corrected chi connectivity index (χ0v) is 16.6. The molecular formula is C19H36N2O4+2. The highest BCUT2D eigenvalue weighted by molar-refractivity contribution is 5.86. The summed E-state index contributed by atoms with van der Waals surface area (Å²) in [6, 6.07) is 0. The van der Waals surface area contributed by atoms with E-state index in [9.17, 15) is 4.79 Å². The lowest BCUT2D eigenvalue weighted by Crippen LogP contribution is -2.54. The summed E-state index contributed by atoms with van der Waals surface area (Å²) in [6.07, 6.45) is 6.68. The average molecular weight is 357 g/mol. The van der Waals surface area contributed by atoms with Gasteiger partial charge in [-0.25, -0.2) is 4.79 Å². The van der Waals surface area contributed by atoms with Crippen molar-refractivity contribution in [1.29, 1.82) is 0 Å². The quantitative estimate of drug-likeness (QED) is 0.198. The molecule has 0 N–H and O–H groups in total. The summed E-state index contributed by atoms with van der Waals surface area (Å²) in [6.45, 7) is 7.42. The van der Waals surface area contributed by atoms with Crippen LogP contribution in [0.15, 0.2) is 12.2 Å². The second-order valence-electron chi connectivity index (χ2n) is 8.69. The third-order valence-corrected chi connectivity index (χ3v) is 5.04. The lowest BCUT2D eigenvalue weighted by Gasteiger charge is -2.45. The minimum Gasteiger partial charge on any atom is -0.462 e. The van der Waals surface area contributed by atoms with Gasteiger partial charge in [-0.15, -0.1) is 9.29 Å². The zero-order chi connectivity index (χ0) is 18.7. The maximum Gasteiger partial charge on any atom is 0.333 e. The first kappa shape index (κ1) is 20.4. The van der Waals surface area contributed by atoms with E-state index in [-0.39, 0.29) is 5.97 Å². The number of hydroxylamine groups is 6. The van der Waals surface area contributed by atoms with Crippen LogP contribution in [0.2, 0.25) is 0 Å². The Morgan fingerprint density at radius 3 is 2.20 bits per heavy atom. The molecule has 6 nitrogen and oxygen atoms in total. The van der Waals surface area contributed by atoms with Crippen LogP contribution in [0.4, 0.5) is 0 Å². The molecule has 0 aromatic carbocycles. The number of quaternary nitrogens is 2. The molecule has 1 aliphatic carbocycles. The van der Waals surface area contributed by atoms with Gasteiger partial charge in [-0.3, -0.25) is 0 Å². The van der Waals surface area contributed by atoms with Crippen LogP contribution < -0.4 is 0 Å². The molecule has 2 bridgehead atoms. The van der Waals surface area contributed by atoms with Gasteiger partial charge in [-0.2, -0.15) is 0 Å². The number of carbonyl (C=O) groups excluding carboxylic acids is 1. The molecule has 0 aromatic rings. The summed E-state index contributed by atoms with van der Waals surface area (Å²) in [5, 5.41) is 0. The number of esters is 1. The molecule has 2 saturated heterocycles. The van der Waals surface area contributed by atoms with Crippen LogP contribution in [0.25, 0.3) is 0 Å². The van der Waals surface area contributed by atoms with E-state index < -0.39 is 0 Å². The summed E-state index contributed by atoms with van der Waals surface area (Å²) in [7, 11) is 8.32. The minimum atomic E-state index is -0.322. The summed E-state index contributed by atoms with van der Waals surface area (Å²) in [5.41, 5.74) is 0.438. The summed E-state index contributed by atoms with van der Waals surface area (Å²) in [5.74, 6) is 0.451. The summed E-state index contributed by atoms with van der Waals surface area (Å²) < 4.78 is 11.8. The highest BCUT2D eigenvalue weighted by atomic mass is 16.9. The lowest BCUT2D eigenvalue weighted by atomic mass is 9.79. The highest BCUT2D eigenvalue weighted by Gasteiger charge is 2.40. The van der Waals surface area contributed by atoms with Crippen molar-refractivity contribution in [3.05, 3.63) is 12.2 Å². The number of nitrogens with zero attached hydrogens (tertiary/aromatic N) is 2.